The number of benzene rings is 2. The predicted octanol–water partition coefficient (Wildman–Crippen LogP) is 4.70. The third-order valence-electron chi connectivity index (χ3n) is 3.00. The first-order valence-electron chi connectivity index (χ1n) is 6.59. The van der Waals surface area contributed by atoms with Crippen LogP contribution in [0.4, 0.5) is 8.78 Å². The fraction of sp³-hybridized carbons (Fsp3) is 0.188. The van der Waals surface area contributed by atoms with Crippen LogP contribution in [-0.2, 0) is 4.79 Å². The SMILES string of the molecule is C[C@H](NC(=O)CSc1ccc(F)cc1F)c1ccccc1Br. The molecule has 2 nitrogen and oxygen atoms in total. The summed E-state index contributed by atoms with van der Waals surface area (Å²) >= 11 is 4.48. The summed E-state index contributed by atoms with van der Waals surface area (Å²) in [4.78, 5) is 12.2. The van der Waals surface area contributed by atoms with Gasteiger partial charge in [-0.2, -0.15) is 0 Å². The maximum atomic E-state index is 13.5. The van der Waals surface area contributed by atoms with Gasteiger partial charge in [0.25, 0.3) is 0 Å². The summed E-state index contributed by atoms with van der Waals surface area (Å²) in [7, 11) is 0. The van der Waals surface area contributed by atoms with Gasteiger partial charge in [-0.3, -0.25) is 4.79 Å². The topological polar surface area (TPSA) is 29.1 Å². The molecule has 2 rings (SSSR count). The van der Waals surface area contributed by atoms with E-state index in [2.05, 4.69) is 21.2 Å². The van der Waals surface area contributed by atoms with Crippen LogP contribution in [0, 0.1) is 11.6 Å². The Morgan fingerprint density at radius 1 is 1.27 bits per heavy atom. The molecule has 0 unspecified atom stereocenters. The number of halogens is 3. The van der Waals surface area contributed by atoms with E-state index in [-0.39, 0.29) is 22.6 Å². The maximum Gasteiger partial charge on any atom is 0.230 e. The third-order valence-corrected chi connectivity index (χ3v) is 4.77. The Balaban J connectivity index is 1.92. The number of nitrogens with one attached hydrogen (secondary N) is 1. The molecule has 0 saturated heterocycles. The minimum Gasteiger partial charge on any atom is -0.349 e. The van der Waals surface area contributed by atoms with Crippen molar-refractivity contribution in [2.24, 2.45) is 0 Å². The van der Waals surface area contributed by atoms with Crippen molar-refractivity contribution >= 4 is 33.6 Å². The van der Waals surface area contributed by atoms with E-state index in [1.807, 2.05) is 31.2 Å². The average molecular weight is 386 g/mol. The summed E-state index contributed by atoms with van der Waals surface area (Å²) in [5.41, 5.74) is 0.966. The zero-order valence-corrected chi connectivity index (χ0v) is 14.2. The minimum absolute atomic E-state index is 0.0668. The normalized spacial score (nSPS) is 12.0. The predicted molar refractivity (Wildman–Crippen MR) is 87.8 cm³/mol. The molecular weight excluding hydrogens is 372 g/mol. The number of carbonyl (C=O) groups is 1. The zero-order valence-electron chi connectivity index (χ0n) is 11.8. The summed E-state index contributed by atoms with van der Waals surface area (Å²) in [6.45, 7) is 1.88. The Labute approximate surface area is 140 Å². The second-order valence-electron chi connectivity index (χ2n) is 4.67. The van der Waals surface area contributed by atoms with Crippen LogP contribution >= 0.6 is 27.7 Å². The molecule has 0 bridgehead atoms. The van der Waals surface area contributed by atoms with Gasteiger partial charge in [-0.25, -0.2) is 8.78 Å². The van der Waals surface area contributed by atoms with Gasteiger partial charge in [-0.15, -0.1) is 11.8 Å². The van der Waals surface area contributed by atoms with Crippen LogP contribution in [0.3, 0.4) is 0 Å². The van der Waals surface area contributed by atoms with E-state index in [1.165, 1.54) is 12.1 Å². The summed E-state index contributed by atoms with van der Waals surface area (Å²) in [6.07, 6.45) is 0. The summed E-state index contributed by atoms with van der Waals surface area (Å²) in [6, 6.07) is 10.8. The van der Waals surface area contributed by atoms with E-state index >= 15 is 0 Å². The van der Waals surface area contributed by atoms with Crippen LogP contribution in [0.2, 0.25) is 0 Å². The Kier molecular flexibility index (Phi) is 5.97. The smallest absolute Gasteiger partial charge is 0.230 e. The van der Waals surface area contributed by atoms with Crippen molar-refractivity contribution < 1.29 is 13.6 Å². The number of hydrogen-bond acceptors (Lipinski definition) is 2. The molecule has 1 amide bonds. The Bertz CT molecular complexity index is 681. The standard InChI is InChI=1S/C16H14BrF2NOS/c1-10(12-4-2-3-5-13(12)17)20-16(21)9-22-15-7-6-11(18)8-14(15)19/h2-8,10H,9H2,1H3,(H,20,21)/t10-/m0/s1. The van der Waals surface area contributed by atoms with Crippen LogP contribution in [-0.4, -0.2) is 11.7 Å². The lowest BCUT2D eigenvalue weighted by Gasteiger charge is -2.15. The van der Waals surface area contributed by atoms with Gasteiger partial charge in [-0.1, -0.05) is 34.1 Å². The van der Waals surface area contributed by atoms with Crippen molar-refractivity contribution in [1.29, 1.82) is 0 Å². The van der Waals surface area contributed by atoms with Gasteiger partial charge in [0.2, 0.25) is 5.91 Å². The second kappa shape index (κ2) is 7.74. The third kappa shape index (κ3) is 4.55. The molecule has 2 aromatic rings. The fourth-order valence-corrected chi connectivity index (χ4v) is 3.28. The van der Waals surface area contributed by atoms with E-state index in [1.54, 1.807) is 0 Å². The van der Waals surface area contributed by atoms with Crippen LogP contribution < -0.4 is 5.32 Å². The molecule has 0 saturated carbocycles. The second-order valence-corrected chi connectivity index (χ2v) is 6.55. The molecule has 2 aromatic carbocycles. The Hall–Kier alpha value is -1.40. The number of carbonyl (C=O) groups excluding carboxylic acids is 1. The Morgan fingerprint density at radius 3 is 2.68 bits per heavy atom. The van der Waals surface area contributed by atoms with E-state index in [0.717, 1.165) is 27.9 Å². The van der Waals surface area contributed by atoms with Crippen molar-refractivity contribution in [1.82, 2.24) is 5.32 Å². The van der Waals surface area contributed by atoms with Gasteiger partial charge in [-0.05, 0) is 30.7 Å². The first-order valence-corrected chi connectivity index (χ1v) is 8.37. The van der Waals surface area contributed by atoms with Crippen LogP contribution in [0.1, 0.15) is 18.5 Å². The van der Waals surface area contributed by atoms with Crippen molar-refractivity contribution in [3.63, 3.8) is 0 Å². The van der Waals surface area contributed by atoms with Crippen molar-refractivity contribution in [3.05, 3.63) is 64.1 Å². The van der Waals surface area contributed by atoms with E-state index in [0.29, 0.717) is 0 Å². The first-order chi connectivity index (χ1) is 10.5. The molecule has 0 aliphatic heterocycles. The molecule has 0 aliphatic rings. The van der Waals surface area contributed by atoms with E-state index < -0.39 is 11.6 Å². The number of amides is 1. The van der Waals surface area contributed by atoms with E-state index in [4.69, 9.17) is 0 Å². The van der Waals surface area contributed by atoms with Crippen molar-refractivity contribution in [3.8, 4) is 0 Å². The molecule has 6 heteroatoms. The molecule has 0 aliphatic carbocycles. The molecule has 0 aromatic heterocycles. The fourth-order valence-electron chi connectivity index (χ4n) is 1.92. The highest BCUT2D eigenvalue weighted by Crippen LogP contribution is 2.24. The monoisotopic (exact) mass is 385 g/mol. The molecular formula is C16H14BrF2NOS. The van der Waals surface area contributed by atoms with Crippen LogP contribution in [0.25, 0.3) is 0 Å². The molecule has 0 spiro atoms. The number of rotatable bonds is 5. The highest BCUT2D eigenvalue weighted by Gasteiger charge is 2.13. The lowest BCUT2D eigenvalue weighted by atomic mass is 10.1. The summed E-state index contributed by atoms with van der Waals surface area (Å²) in [5.74, 6) is -1.43. The van der Waals surface area contributed by atoms with Gasteiger partial charge in [0, 0.05) is 15.4 Å². The van der Waals surface area contributed by atoms with Gasteiger partial charge >= 0.3 is 0 Å². The lowest BCUT2D eigenvalue weighted by molar-refractivity contribution is -0.119. The van der Waals surface area contributed by atoms with E-state index in [9.17, 15) is 13.6 Å². The lowest BCUT2D eigenvalue weighted by Crippen LogP contribution is -2.28. The molecule has 0 radical (unpaired) electrons. The highest BCUT2D eigenvalue weighted by atomic mass is 79.9. The summed E-state index contributed by atoms with van der Waals surface area (Å²) < 4.78 is 27.2. The van der Waals surface area contributed by atoms with Gasteiger partial charge in [0.1, 0.15) is 11.6 Å². The zero-order chi connectivity index (χ0) is 16.1. The first kappa shape index (κ1) is 17.0. The Morgan fingerprint density at radius 2 is 2.00 bits per heavy atom. The number of hydrogen-bond donors (Lipinski definition) is 1. The van der Waals surface area contributed by atoms with Gasteiger partial charge < -0.3 is 5.32 Å². The largest absolute Gasteiger partial charge is 0.349 e. The minimum atomic E-state index is -0.656. The van der Waals surface area contributed by atoms with Crippen molar-refractivity contribution in [2.75, 3.05) is 5.75 Å². The summed E-state index contributed by atoms with van der Waals surface area (Å²) in [5, 5.41) is 2.85. The highest BCUT2D eigenvalue weighted by molar-refractivity contribution is 9.10. The number of thioether (sulfide) groups is 1. The van der Waals surface area contributed by atoms with Gasteiger partial charge in [0.15, 0.2) is 0 Å². The maximum absolute atomic E-state index is 13.5. The molecule has 0 heterocycles. The van der Waals surface area contributed by atoms with Crippen LogP contribution in [0.5, 0.6) is 0 Å². The molecule has 116 valence electrons. The molecule has 1 N–H and O–H groups in total. The average Bonchev–Trinajstić information content (AvgIpc) is 2.46. The van der Waals surface area contributed by atoms with Crippen molar-refractivity contribution in [2.45, 2.75) is 17.9 Å². The molecule has 0 fully saturated rings. The molecule has 1 atom stereocenters. The van der Waals surface area contributed by atoms with Crippen LogP contribution in [0.15, 0.2) is 51.8 Å². The quantitative estimate of drug-likeness (QED) is 0.755. The van der Waals surface area contributed by atoms with Gasteiger partial charge in [0.05, 0.1) is 11.8 Å². The molecule has 22 heavy (non-hydrogen) atoms.